The normalized spacial score (nSPS) is 20.1. The Morgan fingerprint density at radius 1 is 1.08 bits per heavy atom. The molecule has 2 aliphatic rings. The smallest absolute Gasteiger partial charge is 0.315 e. The van der Waals surface area contributed by atoms with E-state index in [1.54, 1.807) is 17.3 Å². The Bertz CT molecular complexity index is 1050. The Balaban J connectivity index is 1.31. The minimum absolute atomic E-state index is 0.0487. The van der Waals surface area contributed by atoms with Gasteiger partial charge >= 0.3 is 6.03 Å². The molecule has 4 N–H and O–H groups in total. The molecular formula is C29H40N6O2. The third-order valence-electron chi connectivity index (χ3n) is 7.59. The molecule has 1 saturated carbocycles. The second-order valence-corrected chi connectivity index (χ2v) is 10.5. The van der Waals surface area contributed by atoms with Crippen molar-refractivity contribution in [3.05, 3.63) is 65.5 Å². The Morgan fingerprint density at radius 3 is 2.46 bits per heavy atom. The summed E-state index contributed by atoms with van der Waals surface area (Å²) < 4.78 is 0. The standard InChI is InChI=1S/C29H40N6O2/c1-2-3-15-29(17-22-8-5-4-6-9-22)26(36)35(27(30)34-29)21-24-13-11-23(12-14-24)19-32-28(37)33-20-25-10-7-16-31-18-25/h7,10-14,16,18,22H,2-6,8-9,15,17,19-21H2,1H3,(H2,30,34)(H2,32,33,37). The summed E-state index contributed by atoms with van der Waals surface area (Å²) in [6.07, 6.45) is 13.2. The van der Waals surface area contributed by atoms with Gasteiger partial charge in [0.2, 0.25) is 0 Å². The van der Waals surface area contributed by atoms with Crippen LogP contribution in [0.1, 0.15) is 81.4 Å². The minimum Gasteiger partial charge on any atom is -0.342 e. The summed E-state index contributed by atoms with van der Waals surface area (Å²) in [5, 5.41) is 17.6. The number of urea groups is 1. The van der Waals surface area contributed by atoms with E-state index in [-0.39, 0.29) is 17.9 Å². The highest BCUT2D eigenvalue weighted by Gasteiger charge is 2.49. The van der Waals surface area contributed by atoms with Crippen molar-refractivity contribution in [3.63, 3.8) is 0 Å². The van der Waals surface area contributed by atoms with Crippen molar-refractivity contribution in [1.82, 2.24) is 25.8 Å². The van der Waals surface area contributed by atoms with E-state index in [2.05, 4.69) is 27.9 Å². The van der Waals surface area contributed by atoms with Gasteiger partial charge < -0.3 is 16.0 Å². The first kappa shape index (κ1) is 26.6. The first-order valence-electron chi connectivity index (χ1n) is 13.7. The maximum absolute atomic E-state index is 13.7. The van der Waals surface area contributed by atoms with Gasteiger partial charge in [0.15, 0.2) is 5.96 Å². The molecule has 1 aromatic heterocycles. The average Bonchev–Trinajstić information content (AvgIpc) is 3.15. The van der Waals surface area contributed by atoms with Gasteiger partial charge in [-0.25, -0.2) is 4.79 Å². The number of aromatic nitrogens is 1. The molecule has 1 atom stereocenters. The zero-order chi connectivity index (χ0) is 26.1. The van der Waals surface area contributed by atoms with Crippen molar-refractivity contribution in [2.24, 2.45) is 5.92 Å². The topological polar surface area (TPSA) is 110 Å². The molecule has 2 aromatic rings. The minimum atomic E-state index is -0.637. The fourth-order valence-electron chi connectivity index (χ4n) is 5.51. The molecule has 1 saturated heterocycles. The molecule has 8 heteroatoms. The summed E-state index contributed by atoms with van der Waals surface area (Å²) in [5.41, 5.74) is 2.24. The molecule has 4 rings (SSSR count). The number of nitrogens with zero attached hydrogens (tertiary/aromatic N) is 2. The van der Waals surface area contributed by atoms with E-state index in [1.807, 2.05) is 36.4 Å². The maximum Gasteiger partial charge on any atom is 0.315 e. The van der Waals surface area contributed by atoms with Crippen LogP contribution in [-0.2, 0) is 24.4 Å². The van der Waals surface area contributed by atoms with Crippen LogP contribution in [-0.4, -0.2) is 33.3 Å². The van der Waals surface area contributed by atoms with E-state index in [0.717, 1.165) is 42.4 Å². The molecule has 2 heterocycles. The number of guanidine groups is 1. The molecule has 0 spiro atoms. The number of carbonyl (C=O) groups excluding carboxylic acids is 2. The number of amides is 3. The summed E-state index contributed by atoms with van der Waals surface area (Å²) in [6.45, 7) is 3.35. The Kier molecular flexibility index (Phi) is 9.14. The molecular weight excluding hydrogens is 464 g/mol. The lowest BCUT2D eigenvalue weighted by atomic mass is 9.77. The van der Waals surface area contributed by atoms with E-state index in [4.69, 9.17) is 5.41 Å². The molecule has 2 fully saturated rings. The monoisotopic (exact) mass is 504 g/mol. The van der Waals surface area contributed by atoms with Crippen LogP contribution >= 0.6 is 0 Å². The summed E-state index contributed by atoms with van der Waals surface area (Å²) in [7, 11) is 0. The fourth-order valence-corrected chi connectivity index (χ4v) is 5.51. The number of hydrogen-bond donors (Lipinski definition) is 4. The van der Waals surface area contributed by atoms with E-state index in [9.17, 15) is 9.59 Å². The number of unbranched alkanes of at least 4 members (excludes halogenated alkanes) is 1. The van der Waals surface area contributed by atoms with Crippen molar-refractivity contribution in [3.8, 4) is 0 Å². The number of pyridine rings is 1. The zero-order valence-electron chi connectivity index (χ0n) is 21.9. The fraction of sp³-hybridized carbons (Fsp3) is 0.517. The molecule has 1 aromatic carbocycles. The van der Waals surface area contributed by atoms with Crippen molar-refractivity contribution in [2.75, 3.05) is 0 Å². The second-order valence-electron chi connectivity index (χ2n) is 10.5. The second kappa shape index (κ2) is 12.7. The number of carbonyl (C=O) groups is 2. The summed E-state index contributed by atoms with van der Waals surface area (Å²) in [5.74, 6) is 0.823. The van der Waals surface area contributed by atoms with Gasteiger partial charge in [0.05, 0.1) is 6.54 Å². The van der Waals surface area contributed by atoms with Gasteiger partial charge in [-0.2, -0.15) is 0 Å². The van der Waals surface area contributed by atoms with Crippen LogP contribution in [0.25, 0.3) is 0 Å². The van der Waals surface area contributed by atoms with Crippen molar-refractivity contribution >= 4 is 17.9 Å². The predicted octanol–water partition coefficient (Wildman–Crippen LogP) is 4.85. The summed E-state index contributed by atoms with van der Waals surface area (Å²) in [4.78, 5) is 31.5. The number of benzene rings is 1. The van der Waals surface area contributed by atoms with Gasteiger partial charge in [0.25, 0.3) is 5.91 Å². The van der Waals surface area contributed by atoms with Crippen molar-refractivity contribution in [2.45, 2.75) is 89.9 Å². The van der Waals surface area contributed by atoms with Crippen molar-refractivity contribution in [1.29, 1.82) is 5.41 Å². The number of rotatable bonds is 11. The van der Waals surface area contributed by atoms with Gasteiger partial charge in [0, 0.05) is 25.5 Å². The summed E-state index contributed by atoms with van der Waals surface area (Å²) >= 11 is 0. The Labute approximate surface area is 220 Å². The van der Waals surface area contributed by atoms with Gasteiger partial charge in [-0.1, -0.05) is 82.2 Å². The highest BCUT2D eigenvalue weighted by atomic mass is 16.2. The Morgan fingerprint density at radius 2 is 1.78 bits per heavy atom. The third kappa shape index (κ3) is 7.08. The quantitative estimate of drug-likeness (QED) is 0.351. The lowest BCUT2D eigenvalue weighted by Gasteiger charge is -2.33. The lowest BCUT2D eigenvalue weighted by Crippen LogP contribution is -2.48. The SMILES string of the molecule is CCCCC1(CC2CCCCC2)NC(=N)N(Cc2ccc(CNC(=O)NCc3cccnc3)cc2)C1=O. The highest BCUT2D eigenvalue weighted by Crippen LogP contribution is 2.36. The first-order chi connectivity index (χ1) is 18.0. The molecule has 8 nitrogen and oxygen atoms in total. The van der Waals surface area contributed by atoms with Crippen LogP contribution in [0.4, 0.5) is 4.79 Å². The molecule has 3 amide bonds. The van der Waals surface area contributed by atoms with E-state index in [1.165, 1.54) is 32.1 Å². The molecule has 0 radical (unpaired) electrons. The van der Waals surface area contributed by atoms with Crippen LogP contribution in [0.3, 0.4) is 0 Å². The molecule has 37 heavy (non-hydrogen) atoms. The number of nitrogens with one attached hydrogen (secondary N) is 4. The van der Waals surface area contributed by atoms with Crippen LogP contribution in [0.15, 0.2) is 48.8 Å². The molecule has 1 aliphatic carbocycles. The summed E-state index contributed by atoms with van der Waals surface area (Å²) in [6, 6.07) is 11.4. The molecule has 0 bridgehead atoms. The maximum atomic E-state index is 13.7. The van der Waals surface area contributed by atoms with Crippen molar-refractivity contribution < 1.29 is 9.59 Å². The highest BCUT2D eigenvalue weighted by molar-refractivity contribution is 6.07. The van der Waals surface area contributed by atoms with Crippen LogP contribution in [0, 0.1) is 11.3 Å². The predicted molar refractivity (Wildman–Crippen MR) is 145 cm³/mol. The third-order valence-corrected chi connectivity index (χ3v) is 7.59. The van der Waals surface area contributed by atoms with Gasteiger partial charge in [-0.05, 0) is 41.5 Å². The van der Waals surface area contributed by atoms with Crippen LogP contribution in [0.2, 0.25) is 0 Å². The van der Waals surface area contributed by atoms with Crippen LogP contribution in [0.5, 0.6) is 0 Å². The molecule has 1 aliphatic heterocycles. The van der Waals surface area contributed by atoms with Crippen LogP contribution < -0.4 is 16.0 Å². The van der Waals surface area contributed by atoms with Gasteiger partial charge in [-0.15, -0.1) is 0 Å². The van der Waals surface area contributed by atoms with E-state index >= 15 is 0 Å². The largest absolute Gasteiger partial charge is 0.342 e. The number of hydrogen-bond acceptors (Lipinski definition) is 4. The lowest BCUT2D eigenvalue weighted by molar-refractivity contribution is -0.132. The first-order valence-corrected chi connectivity index (χ1v) is 13.7. The van der Waals surface area contributed by atoms with E-state index < -0.39 is 5.54 Å². The molecule has 1 unspecified atom stereocenters. The van der Waals surface area contributed by atoms with Gasteiger partial charge in [0.1, 0.15) is 5.54 Å². The average molecular weight is 505 g/mol. The van der Waals surface area contributed by atoms with E-state index in [0.29, 0.717) is 25.6 Å². The Hall–Kier alpha value is -3.42. The van der Waals surface area contributed by atoms with Gasteiger partial charge in [-0.3, -0.25) is 20.1 Å². The molecule has 198 valence electrons. The zero-order valence-corrected chi connectivity index (χ0v) is 21.9.